The van der Waals surface area contributed by atoms with Crippen LogP contribution in [0.2, 0.25) is 0 Å². The van der Waals surface area contributed by atoms with Crippen LogP contribution in [0.3, 0.4) is 0 Å². The molecule has 0 radical (unpaired) electrons. The van der Waals surface area contributed by atoms with E-state index in [9.17, 15) is 0 Å². The number of nitrogens with two attached hydrogens (primary N) is 1. The number of hydrogen-bond donors (Lipinski definition) is 1. The molecule has 11 heavy (non-hydrogen) atoms. The summed E-state index contributed by atoms with van der Waals surface area (Å²) in [5, 5.41) is 0. The highest BCUT2D eigenvalue weighted by molar-refractivity contribution is 5.28. The van der Waals surface area contributed by atoms with Crippen LogP contribution in [0.15, 0.2) is 16.7 Å². The largest absolute Gasteiger partial charge is 0.469 e. The smallest absolute Gasteiger partial charge is 0.107 e. The van der Waals surface area contributed by atoms with E-state index in [1.165, 1.54) is 5.56 Å². The van der Waals surface area contributed by atoms with Crippen LogP contribution < -0.4 is 5.73 Å². The zero-order valence-corrected chi connectivity index (χ0v) is 6.71. The van der Waals surface area contributed by atoms with E-state index in [1.54, 1.807) is 6.26 Å². The van der Waals surface area contributed by atoms with Crippen LogP contribution in [0.25, 0.3) is 0 Å². The molecule has 1 aromatic rings. The first kappa shape index (κ1) is 6.92. The second-order valence-corrected chi connectivity index (χ2v) is 3.32. The molecule has 0 saturated heterocycles. The zero-order chi connectivity index (χ0) is 7.84. The monoisotopic (exact) mass is 151 g/mol. The molecule has 2 nitrogen and oxygen atoms in total. The molecular formula is C9H13NO. The third kappa shape index (κ3) is 0.897. The van der Waals surface area contributed by atoms with Crippen LogP contribution in [-0.2, 0) is 6.42 Å². The number of furan rings is 1. The molecule has 0 amide bonds. The Bertz CT molecular complexity index is 254. The second-order valence-electron chi connectivity index (χ2n) is 3.32. The topological polar surface area (TPSA) is 39.2 Å². The Morgan fingerprint density at radius 3 is 3.27 bits per heavy atom. The molecule has 1 aromatic heterocycles. The van der Waals surface area contributed by atoms with E-state index in [0.29, 0.717) is 11.8 Å². The average Bonchev–Trinajstić information content (AvgIpc) is 2.46. The lowest BCUT2D eigenvalue weighted by molar-refractivity contribution is 0.459. The van der Waals surface area contributed by atoms with Gasteiger partial charge in [0, 0.05) is 12.3 Å². The molecule has 0 spiro atoms. The van der Waals surface area contributed by atoms with Crippen molar-refractivity contribution in [2.75, 3.05) is 6.54 Å². The van der Waals surface area contributed by atoms with Crippen molar-refractivity contribution in [3.63, 3.8) is 0 Å². The molecule has 0 aliphatic heterocycles. The van der Waals surface area contributed by atoms with Crippen molar-refractivity contribution in [1.82, 2.24) is 0 Å². The van der Waals surface area contributed by atoms with Gasteiger partial charge < -0.3 is 10.2 Å². The molecule has 2 rings (SSSR count). The van der Waals surface area contributed by atoms with Crippen molar-refractivity contribution >= 4 is 0 Å². The SMILES string of the molecule is CC1Cc2occc2C1CN. The van der Waals surface area contributed by atoms with Crippen molar-refractivity contribution in [2.24, 2.45) is 11.7 Å². The van der Waals surface area contributed by atoms with Crippen molar-refractivity contribution < 1.29 is 4.42 Å². The van der Waals surface area contributed by atoms with E-state index < -0.39 is 0 Å². The summed E-state index contributed by atoms with van der Waals surface area (Å²) in [5.41, 5.74) is 6.99. The predicted octanol–water partition coefficient (Wildman–Crippen LogP) is 1.51. The molecule has 2 atom stereocenters. The minimum Gasteiger partial charge on any atom is -0.469 e. The minimum absolute atomic E-state index is 0.531. The number of hydrogen-bond acceptors (Lipinski definition) is 2. The molecule has 1 heterocycles. The van der Waals surface area contributed by atoms with Gasteiger partial charge in [-0.15, -0.1) is 0 Å². The van der Waals surface area contributed by atoms with Crippen LogP contribution in [0.5, 0.6) is 0 Å². The van der Waals surface area contributed by atoms with Gasteiger partial charge in [0.05, 0.1) is 6.26 Å². The summed E-state index contributed by atoms with van der Waals surface area (Å²) in [6.07, 6.45) is 2.82. The van der Waals surface area contributed by atoms with Gasteiger partial charge in [0.15, 0.2) is 0 Å². The Morgan fingerprint density at radius 2 is 2.55 bits per heavy atom. The van der Waals surface area contributed by atoms with Gasteiger partial charge in [-0.3, -0.25) is 0 Å². The van der Waals surface area contributed by atoms with E-state index in [1.807, 2.05) is 0 Å². The van der Waals surface area contributed by atoms with Crippen molar-refractivity contribution in [3.8, 4) is 0 Å². The Balaban J connectivity index is 2.35. The van der Waals surface area contributed by atoms with Gasteiger partial charge in [-0.25, -0.2) is 0 Å². The quantitative estimate of drug-likeness (QED) is 0.660. The van der Waals surface area contributed by atoms with Crippen molar-refractivity contribution in [2.45, 2.75) is 19.3 Å². The summed E-state index contributed by atoms with van der Waals surface area (Å²) in [5.74, 6) is 2.34. The van der Waals surface area contributed by atoms with E-state index in [-0.39, 0.29) is 0 Å². The lowest BCUT2D eigenvalue weighted by Crippen LogP contribution is -2.15. The van der Waals surface area contributed by atoms with Crippen molar-refractivity contribution in [1.29, 1.82) is 0 Å². The van der Waals surface area contributed by atoms with Crippen LogP contribution in [-0.4, -0.2) is 6.54 Å². The Kier molecular flexibility index (Phi) is 1.50. The summed E-state index contributed by atoms with van der Waals surface area (Å²) in [6, 6.07) is 2.05. The summed E-state index contributed by atoms with van der Waals surface area (Å²) in [7, 11) is 0. The minimum atomic E-state index is 0.531. The van der Waals surface area contributed by atoms with E-state index in [2.05, 4.69) is 13.0 Å². The fourth-order valence-electron chi connectivity index (χ4n) is 1.95. The highest BCUT2D eigenvalue weighted by Gasteiger charge is 2.30. The van der Waals surface area contributed by atoms with Gasteiger partial charge in [-0.1, -0.05) is 6.92 Å². The maximum Gasteiger partial charge on any atom is 0.107 e. The average molecular weight is 151 g/mol. The third-order valence-electron chi connectivity index (χ3n) is 2.63. The molecule has 0 saturated carbocycles. The number of fused-ring (bicyclic) bond motifs is 1. The normalized spacial score (nSPS) is 28.9. The first-order valence-corrected chi connectivity index (χ1v) is 4.09. The van der Waals surface area contributed by atoms with E-state index in [0.717, 1.165) is 18.7 Å². The molecule has 1 aliphatic carbocycles. The number of rotatable bonds is 1. The van der Waals surface area contributed by atoms with E-state index in [4.69, 9.17) is 10.2 Å². The predicted molar refractivity (Wildman–Crippen MR) is 43.4 cm³/mol. The summed E-state index contributed by atoms with van der Waals surface area (Å²) in [4.78, 5) is 0. The first-order chi connectivity index (χ1) is 5.33. The summed E-state index contributed by atoms with van der Waals surface area (Å²) >= 11 is 0. The second kappa shape index (κ2) is 2.38. The third-order valence-corrected chi connectivity index (χ3v) is 2.63. The highest BCUT2D eigenvalue weighted by atomic mass is 16.3. The fourth-order valence-corrected chi connectivity index (χ4v) is 1.95. The van der Waals surface area contributed by atoms with Gasteiger partial charge in [-0.2, -0.15) is 0 Å². The van der Waals surface area contributed by atoms with Crippen LogP contribution >= 0.6 is 0 Å². The van der Waals surface area contributed by atoms with Crippen molar-refractivity contribution in [3.05, 3.63) is 23.7 Å². The van der Waals surface area contributed by atoms with Crippen LogP contribution in [0.4, 0.5) is 0 Å². The standard InChI is InChI=1S/C9H13NO/c1-6-4-9-7(2-3-11-9)8(6)5-10/h2-3,6,8H,4-5,10H2,1H3. The Labute approximate surface area is 66.4 Å². The lowest BCUT2D eigenvalue weighted by atomic mass is 9.95. The molecule has 2 N–H and O–H groups in total. The highest BCUT2D eigenvalue weighted by Crippen LogP contribution is 2.37. The van der Waals surface area contributed by atoms with Crippen LogP contribution in [0.1, 0.15) is 24.2 Å². The molecule has 0 aromatic carbocycles. The molecule has 2 unspecified atom stereocenters. The molecule has 1 aliphatic rings. The zero-order valence-electron chi connectivity index (χ0n) is 6.71. The summed E-state index contributed by atoms with van der Waals surface area (Å²) < 4.78 is 5.32. The fraction of sp³-hybridized carbons (Fsp3) is 0.556. The Hall–Kier alpha value is -0.760. The first-order valence-electron chi connectivity index (χ1n) is 4.09. The van der Waals surface area contributed by atoms with Crippen LogP contribution in [0, 0.1) is 5.92 Å². The molecule has 0 fully saturated rings. The van der Waals surface area contributed by atoms with Gasteiger partial charge in [0.25, 0.3) is 0 Å². The lowest BCUT2D eigenvalue weighted by Gasteiger charge is -2.11. The molecule has 60 valence electrons. The maximum absolute atomic E-state index is 5.66. The van der Waals surface area contributed by atoms with Gasteiger partial charge in [-0.05, 0) is 24.1 Å². The van der Waals surface area contributed by atoms with E-state index >= 15 is 0 Å². The Morgan fingerprint density at radius 1 is 1.73 bits per heavy atom. The summed E-state index contributed by atoms with van der Waals surface area (Å²) in [6.45, 7) is 2.97. The molecule has 2 heteroatoms. The molecular weight excluding hydrogens is 138 g/mol. The van der Waals surface area contributed by atoms with Gasteiger partial charge in [0.2, 0.25) is 0 Å². The van der Waals surface area contributed by atoms with Gasteiger partial charge in [0.1, 0.15) is 5.76 Å². The van der Waals surface area contributed by atoms with Gasteiger partial charge >= 0.3 is 0 Å². The maximum atomic E-state index is 5.66. The molecule has 0 bridgehead atoms.